The summed E-state index contributed by atoms with van der Waals surface area (Å²) in [5, 5.41) is 3.40. The minimum absolute atomic E-state index is 0.0916. The van der Waals surface area contributed by atoms with Crippen LogP contribution in [-0.2, 0) is 9.53 Å². The summed E-state index contributed by atoms with van der Waals surface area (Å²) in [4.78, 5) is 11.0. The zero-order valence-corrected chi connectivity index (χ0v) is 9.21. The Kier molecular flexibility index (Phi) is 4.94. The van der Waals surface area contributed by atoms with Crippen LogP contribution in [0.3, 0.4) is 0 Å². The van der Waals surface area contributed by atoms with Gasteiger partial charge in [0.15, 0.2) is 0 Å². The normalized spacial score (nSPS) is 26.4. The summed E-state index contributed by atoms with van der Waals surface area (Å²) in [7, 11) is 0. The second-order valence-electron chi connectivity index (χ2n) is 4.12. The van der Waals surface area contributed by atoms with E-state index < -0.39 is 0 Å². The van der Waals surface area contributed by atoms with Gasteiger partial charge in [0.05, 0.1) is 13.0 Å². The first kappa shape index (κ1) is 11.5. The number of carbonyl (C=O) groups is 1. The Morgan fingerprint density at radius 1 is 1.50 bits per heavy atom. The van der Waals surface area contributed by atoms with Crippen molar-refractivity contribution in [1.82, 2.24) is 5.32 Å². The lowest BCUT2D eigenvalue weighted by molar-refractivity contribution is -0.142. The van der Waals surface area contributed by atoms with Crippen LogP contribution in [-0.4, -0.2) is 25.2 Å². The van der Waals surface area contributed by atoms with Crippen molar-refractivity contribution in [2.75, 3.05) is 13.2 Å². The molecular formula is C11H21NO2. The molecule has 0 amide bonds. The molecule has 1 N–H and O–H groups in total. The Hall–Kier alpha value is -0.570. The quantitative estimate of drug-likeness (QED) is 0.685. The number of ether oxygens (including phenoxy) is 1. The van der Waals surface area contributed by atoms with Crippen LogP contribution in [0.4, 0.5) is 0 Å². The van der Waals surface area contributed by atoms with Crippen molar-refractivity contribution in [2.45, 2.75) is 45.6 Å². The Morgan fingerprint density at radius 3 is 2.86 bits per heavy atom. The fourth-order valence-corrected chi connectivity index (χ4v) is 2.00. The largest absolute Gasteiger partial charge is 0.466 e. The van der Waals surface area contributed by atoms with E-state index in [0.29, 0.717) is 19.1 Å². The maximum Gasteiger partial charge on any atom is 0.307 e. The molecule has 2 unspecified atom stereocenters. The van der Waals surface area contributed by atoms with Gasteiger partial charge in [-0.05, 0) is 32.1 Å². The highest BCUT2D eigenvalue weighted by Crippen LogP contribution is 2.24. The van der Waals surface area contributed by atoms with Crippen molar-refractivity contribution >= 4 is 5.97 Å². The standard InChI is InChI=1S/C11H21NO2/c1-3-14-11(13)6-7-12-10-5-4-9(2)8-10/h9-10,12H,3-8H2,1-2H3. The highest BCUT2D eigenvalue weighted by atomic mass is 16.5. The topological polar surface area (TPSA) is 38.3 Å². The van der Waals surface area contributed by atoms with E-state index in [4.69, 9.17) is 4.74 Å². The van der Waals surface area contributed by atoms with Gasteiger partial charge in [0.25, 0.3) is 0 Å². The number of hydrogen-bond acceptors (Lipinski definition) is 3. The minimum atomic E-state index is -0.0916. The van der Waals surface area contributed by atoms with E-state index in [1.807, 2.05) is 6.92 Å². The average Bonchev–Trinajstić information content (AvgIpc) is 2.52. The van der Waals surface area contributed by atoms with E-state index in [9.17, 15) is 4.79 Å². The molecule has 2 atom stereocenters. The Labute approximate surface area is 86.2 Å². The molecule has 3 heteroatoms. The van der Waals surface area contributed by atoms with E-state index in [-0.39, 0.29) is 5.97 Å². The van der Waals surface area contributed by atoms with Crippen LogP contribution in [0.25, 0.3) is 0 Å². The lowest BCUT2D eigenvalue weighted by atomic mass is 10.1. The van der Waals surface area contributed by atoms with Gasteiger partial charge in [-0.25, -0.2) is 0 Å². The van der Waals surface area contributed by atoms with Gasteiger partial charge >= 0.3 is 5.97 Å². The first-order valence-electron chi connectivity index (χ1n) is 5.61. The van der Waals surface area contributed by atoms with E-state index in [1.54, 1.807) is 0 Å². The Balaban J connectivity index is 2.01. The molecule has 1 fully saturated rings. The molecule has 1 aliphatic carbocycles. The molecule has 0 heterocycles. The third-order valence-electron chi connectivity index (χ3n) is 2.76. The maximum atomic E-state index is 11.0. The van der Waals surface area contributed by atoms with Crippen molar-refractivity contribution in [3.8, 4) is 0 Å². The maximum absolute atomic E-state index is 11.0. The van der Waals surface area contributed by atoms with Crippen molar-refractivity contribution in [3.05, 3.63) is 0 Å². The van der Waals surface area contributed by atoms with E-state index in [0.717, 1.165) is 12.5 Å². The fraction of sp³-hybridized carbons (Fsp3) is 0.909. The number of carbonyl (C=O) groups excluding carboxylic acids is 1. The van der Waals surface area contributed by atoms with Gasteiger partial charge in [0.2, 0.25) is 0 Å². The molecule has 0 aromatic carbocycles. The summed E-state index contributed by atoms with van der Waals surface area (Å²) in [6.45, 7) is 5.37. The van der Waals surface area contributed by atoms with Crippen LogP contribution in [0.15, 0.2) is 0 Å². The van der Waals surface area contributed by atoms with E-state index in [2.05, 4.69) is 12.2 Å². The number of hydrogen-bond donors (Lipinski definition) is 1. The molecule has 14 heavy (non-hydrogen) atoms. The monoisotopic (exact) mass is 199 g/mol. The summed E-state index contributed by atoms with van der Waals surface area (Å²) < 4.78 is 4.85. The molecule has 1 saturated carbocycles. The molecule has 0 aromatic heterocycles. The van der Waals surface area contributed by atoms with Crippen LogP contribution in [0, 0.1) is 5.92 Å². The Morgan fingerprint density at radius 2 is 2.29 bits per heavy atom. The van der Waals surface area contributed by atoms with Crippen molar-refractivity contribution < 1.29 is 9.53 Å². The van der Waals surface area contributed by atoms with Gasteiger partial charge < -0.3 is 10.1 Å². The third kappa shape index (κ3) is 4.09. The summed E-state index contributed by atoms with van der Waals surface area (Å²) >= 11 is 0. The third-order valence-corrected chi connectivity index (χ3v) is 2.76. The predicted octanol–water partition coefficient (Wildman–Crippen LogP) is 1.72. The van der Waals surface area contributed by atoms with Gasteiger partial charge in [0.1, 0.15) is 0 Å². The molecule has 0 bridgehead atoms. The summed E-state index contributed by atoms with van der Waals surface area (Å²) in [6, 6.07) is 0.624. The van der Waals surface area contributed by atoms with Crippen LogP contribution < -0.4 is 5.32 Å². The number of esters is 1. The highest BCUT2D eigenvalue weighted by molar-refractivity contribution is 5.69. The highest BCUT2D eigenvalue weighted by Gasteiger charge is 2.20. The van der Waals surface area contributed by atoms with Gasteiger partial charge in [-0.15, -0.1) is 0 Å². The van der Waals surface area contributed by atoms with Gasteiger partial charge in [-0.3, -0.25) is 4.79 Å². The minimum Gasteiger partial charge on any atom is -0.466 e. The summed E-state index contributed by atoms with van der Waals surface area (Å²) in [5.74, 6) is 0.751. The molecular weight excluding hydrogens is 178 g/mol. The molecule has 3 nitrogen and oxygen atoms in total. The zero-order valence-electron chi connectivity index (χ0n) is 9.21. The van der Waals surface area contributed by atoms with Crippen molar-refractivity contribution in [1.29, 1.82) is 0 Å². The second kappa shape index (κ2) is 6.02. The molecule has 0 spiro atoms. The number of rotatable bonds is 5. The van der Waals surface area contributed by atoms with E-state index in [1.165, 1.54) is 19.3 Å². The lowest BCUT2D eigenvalue weighted by Gasteiger charge is -2.11. The van der Waals surface area contributed by atoms with Gasteiger partial charge in [-0.1, -0.05) is 6.92 Å². The lowest BCUT2D eigenvalue weighted by Crippen LogP contribution is -2.29. The van der Waals surface area contributed by atoms with E-state index >= 15 is 0 Å². The second-order valence-corrected chi connectivity index (χ2v) is 4.12. The SMILES string of the molecule is CCOC(=O)CCNC1CCC(C)C1. The van der Waals surface area contributed by atoms with Gasteiger partial charge in [0, 0.05) is 12.6 Å². The molecule has 1 rings (SSSR count). The Bertz CT molecular complexity index is 182. The van der Waals surface area contributed by atoms with Crippen molar-refractivity contribution in [2.24, 2.45) is 5.92 Å². The predicted molar refractivity (Wildman–Crippen MR) is 56.1 cm³/mol. The van der Waals surface area contributed by atoms with Crippen LogP contribution >= 0.6 is 0 Å². The molecule has 0 aliphatic heterocycles. The molecule has 1 aliphatic rings. The zero-order chi connectivity index (χ0) is 10.4. The first-order valence-corrected chi connectivity index (χ1v) is 5.61. The summed E-state index contributed by atoms with van der Waals surface area (Å²) in [5.41, 5.74) is 0. The van der Waals surface area contributed by atoms with Crippen molar-refractivity contribution in [3.63, 3.8) is 0 Å². The molecule has 0 saturated heterocycles. The molecule has 0 aromatic rings. The van der Waals surface area contributed by atoms with Crippen LogP contribution in [0.5, 0.6) is 0 Å². The summed E-state index contributed by atoms with van der Waals surface area (Å²) in [6.07, 6.45) is 4.32. The van der Waals surface area contributed by atoms with Gasteiger partial charge in [-0.2, -0.15) is 0 Å². The first-order chi connectivity index (χ1) is 6.72. The average molecular weight is 199 g/mol. The van der Waals surface area contributed by atoms with Crippen LogP contribution in [0.1, 0.15) is 39.5 Å². The smallest absolute Gasteiger partial charge is 0.307 e. The number of nitrogens with one attached hydrogen (secondary N) is 1. The molecule has 0 radical (unpaired) electrons. The fourth-order valence-electron chi connectivity index (χ4n) is 2.00. The van der Waals surface area contributed by atoms with Crippen LogP contribution in [0.2, 0.25) is 0 Å². The molecule has 82 valence electrons.